The molecule has 0 bridgehead atoms. The molecule has 168 valence electrons. The number of methoxy groups -OCH3 is 1. The zero-order valence-electron chi connectivity index (χ0n) is 17.8. The molecule has 0 atom stereocenters. The first-order chi connectivity index (χ1) is 14.5. The molecule has 0 unspecified atom stereocenters. The molecule has 0 aliphatic rings. The lowest BCUT2D eigenvalue weighted by molar-refractivity contribution is -0.120. The summed E-state index contributed by atoms with van der Waals surface area (Å²) in [7, 11) is 1.58. The summed E-state index contributed by atoms with van der Waals surface area (Å²) >= 11 is 7.57. The predicted octanol–water partition coefficient (Wildman–Crippen LogP) is 5.13. The number of carbonyl (C=O) groups excluding carboxylic acids is 1. The maximum absolute atomic E-state index is 13.1. The predicted molar refractivity (Wildman–Crippen MR) is 131 cm³/mol. The van der Waals surface area contributed by atoms with E-state index in [4.69, 9.17) is 21.1 Å². The Labute approximate surface area is 198 Å². The van der Waals surface area contributed by atoms with Crippen molar-refractivity contribution < 1.29 is 14.3 Å². The number of benzene rings is 2. The number of hydrogen-bond donors (Lipinski definition) is 0. The molecule has 1 amide bonds. The van der Waals surface area contributed by atoms with Crippen molar-refractivity contribution in [3.63, 3.8) is 0 Å². The Balaban J connectivity index is 0.00000341. The summed E-state index contributed by atoms with van der Waals surface area (Å²) in [6.45, 7) is 7.25. The van der Waals surface area contributed by atoms with Crippen LogP contribution in [0.3, 0.4) is 0 Å². The average molecular weight is 484 g/mol. The number of likely N-dealkylation sites (N-methyl/N-ethyl adjacent to an activating group) is 1. The first-order valence-corrected chi connectivity index (χ1v) is 11.1. The van der Waals surface area contributed by atoms with Crippen LogP contribution in [0, 0.1) is 0 Å². The molecule has 3 aromatic rings. The van der Waals surface area contributed by atoms with Crippen molar-refractivity contribution in [1.29, 1.82) is 0 Å². The summed E-state index contributed by atoms with van der Waals surface area (Å²) in [6.07, 6.45) is 0. The number of amides is 1. The molecule has 0 saturated carbocycles. The molecule has 0 aliphatic heterocycles. The minimum Gasteiger partial charge on any atom is -0.493 e. The van der Waals surface area contributed by atoms with Gasteiger partial charge in [-0.15, -0.1) is 12.4 Å². The van der Waals surface area contributed by atoms with Crippen LogP contribution in [-0.4, -0.2) is 55.7 Å². The molecular weight excluding hydrogens is 457 g/mol. The van der Waals surface area contributed by atoms with E-state index >= 15 is 0 Å². The first-order valence-electron chi connectivity index (χ1n) is 9.90. The van der Waals surface area contributed by atoms with Gasteiger partial charge in [-0.2, -0.15) is 0 Å². The molecule has 2 aromatic carbocycles. The van der Waals surface area contributed by atoms with Gasteiger partial charge in [0.25, 0.3) is 5.91 Å². The van der Waals surface area contributed by atoms with Crippen molar-refractivity contribution in [1.82, 2.24) is 9.88 Å². The van der Waals surface area contributed by atoms with Crippen molar-refractivity contribution in [2.75, 3.05) is 44.8 Å². The van der Waals surface area contributed by atoms with Gasteiger partial charge >= 0.3 is 0 Å². The Morgan fingerprint density at radius 3 is 2.48 bits per heavy atom. The van der Waals surface area contributed by atoms with Gasteiger partial charge in [-0.25, -0.2) is 4.98 Å². The van der Waals surface area contributed by atoms with Crippen LogP contribution in [-0.2, 0) is 4.79 Å². The fourth-order valence-electron chi connectivity index (χ4n) is 3.07. The number of carbonyl (C=O) groups is 1. The smallest absolute Gasteiger partial charge is 0.266 e. The van der Waals surface area contributed by atoms with Gasteiger partial charge in [-0.3, -0.25) is 9.69 Å². The van der Waals surface area contributed by atoms with Crippen molar-refractivity contribution >= 4 is 56.6 Å². The topological polar surface area (TPSA) is 54.9 Å². The molecule has 0 saturated heterocycles. The van der Waals surface area contributed by atoms with E-state index in [1.165, 1.54) is 11.3 Å². The number of nitrogens with zero attached hydrogens (tertiary/aromatic N) is 3. The zero-order chi connectivity index (χ0) is 21.5. The third kappa shape index (κ3) is 6.46. The molecule has 0 N–H and O–H groups in total. The number of rotatable bonds is 10. The highest BCUT2D eigenvalue weighted by atomic mass is 35.5. The van der Waals surface area contributed by atoms with Crippen molar-refractivity contribution in [3.05, 3.63) is 47.5 Å². The van der Waals surface area contributed by atoms with E-state index < -0.39 is 0 Å². The number of aromatic nitrogens is 1. The maximum Gasteiger partial charge on any atom is 0.266 e. The Hall–Kier alpha value is -2.06. The van der Waals surface area contributed by atoms with Gasteiger partial charge in [0.15, 0.2) is 23.2 Å². The van der Waals surface area contributed by atoms with Crippen LogP contribution in [0.2, 0.25) is 5.02 Å². The lowest BCUT2D eigenvalue weighted by atomic mass is 10.3. The van der Waals surface area contributed by atoms with E-state index in [9.17, 15) is 4.79 Å². The van der Waals surface area contributed by atoms with E-state index in [1.54, 1.807) is 30.2 Å². The van der Waals surface area contributed by atoms with Crippen molar-refractivity contribution in [3.8, 4) is 11.5 Å². The highest BCUT2D eigenvalue weighted by Crippen LogP contribution is 2.31. The monoisotopic (exact) mass is 483 g/mol. The number of ether oxygens (including phenoxy) is 2. The molecule has 0 spiro atoms. The Kier molecular flexibility index (Phi) is 9.84. The molecule has 1 aromatic heterocycles. The minimum atomic E-state index is -0.154. The highest BCUT2D eigenvalue weighted by Gasteiger charge is 2.21. The fraction of sp³-hybridized carbons (Fsp3) is 0.364. The van der Waals surface area contributed by atoms with Gasteiger partial charge in [-0.05, 0) is 43.4 Å². The number of thiazole rings is 1. The van der Waals surface area contributed by atoms with E-state index in [0.717, 1.165) is 29.9 Å². The Morgan fingerprint density at radius 2 is 1.81 bits per heavy atom. The number of para-hydroxylation sites is 2. The minimum absolute atomic E-state index is 0. The molecular formula is C22H27Cl2N3O3S. The lowest BCUT2D eigenvalue weighted by Crippen LogP contribution is -2.41. The van der Waals surface area contributed by atoms with E-state index in [-0.39, 0.29) is 24.9 Å². The molecule has 9 heteroatoms. The van der Waals surface area contributed by atoms with Crippen LogP contribution >= 0.6 is 35.3 Å². The molecule has 1 heterocycles. The third-order valence-electron chi connectivity index (χ3n) is 4.83. The van der Waals surface area contributed by atoms with Gasteiger partial charge < -0.3 is 14.4 Å². The normalized spacial score (nSPS) is 10.7. The summed E-state index contributed by atoms with van der Waals surface area (Å²) in [5.74, 6) is 0.973. The van der Waals surface area contributed by atoms with Gasteiger partial charge in [0, 0.05) is 18.1 Å². The van der Waals surface area contributed by atoms with Crippen LogP contribution in [0.1, 0.15) is 13.8 Å². The third-order valence-corrected chi connectivity index (χ3v) is 6.10. The van der Waals surface area contributed by atoms with E-state index in [0.29, 0.717) is 28.2 Å². The van der Waals surface area contributed by atoms with Gasteiger partial charge in [-0.1, -0.05) is 48.9 Å². The van der Waals surface area contributed by atoms with E-state index in [2.05, 4.69) is 23.7 Å². The van der Waals surface area contributed by atoms with E-state index in [1.807, 2.05) is 24.3 Å². The summed E-state index contributed by atoms with van der Waals surface area (Å²) in [5, 5.41) is 1.30. The number of hydrogen-bond acceptors (Lipinski definition) is 6. The second-order valence-corrected chi connectivity index (χ2v) is 8.07. The second kappa shape index (κ2) is 12.1. The largest absolute Gasteiger partial charge is 0.493 e. The SMILES string of the molecule is CCN(CC)CCN(C(=O)COc1ccccc1OC)c1nc2ccc(Cl)cc2s1.Cl. The summed E-state index contributed by atoms with van der Waals surface area (Å²) < 4.78 is 12.0. The number of halogens is 2. The standard InChI is InChI=1S/C22H26ClN3O3S.ClH/c1-4-25(5-2)12-13-26(22-24-17-11-10-16(23)14-20(17)30-22)21(27)15-29-19-9-7-6-8-18(19)28-3;/h6-11,14H,4-5,12-13,15H2,1-3H3;1H. The Morgan fingerprint density at radius 1 is 1.10 bits per heavy atom. The zero-order valence-corrected chi connectivity index (χ0v) is 20.2. The van der Waals surface area contributed by atoms with Crippen molar-refractivity contribution in [2.24, 2.45) is 0 Å². The van der Waals surface area contributed by atoms with Crippen LogP contribution in [0.5, 0.6) is 11.5 Å². The molecule has 6 nitrogen and oxygen atoms in total. The van der Waals surface area contributed by atoms with Crippen LogP contribution in [0.15, 0.2) is 42.5 Å². The summed E-state index contributed by atoms with van der Waals surface area (Å²) in [4.78, 5) is 21.8. The molecule has 31 heavy (non-hydrogen) atoms. The van der Waals surface area contributed by atoms with Crippen LogP contribution in [0.25, 0.3) is 10.2 Å². The maximum atomic E-state index is 13.1. The number of anilines is 1. The summed E-state index contributed by atoms with van der Waals surface area (Å²) in [5.41, 5.74) is 0.825. The van der Waals surface area contributed by atoms with Gasteiger partial charge in [0.05, 0.1) is 17.3 Å². The average Bonchev–Trinajstić information content (AvgIpc) is 3.18. The van der Waals surface area contributed by atoms with Crippen molar-refractivity contribution in [2.45, 2.75) is 13.8 Å². The molecule has 3 rings (SSSR count). The fourth-order valence-corrected chi connectivity index (χ4v) is 4.35. The second-order valence-electron chi connectivity index (χ2n) is 6.62. The molecule has 0 fully saturated rings. The van der Waals surface area contributed by atoms with Crippen LogP contribution in [0.4, 0.5) is 5.13 Å². The summed E-state index contributed by atoms with van der Waals surface area (Å²) in [6, 6.07) is 12.8. The molecule has 0 radical (unpaired) electrons. The highest BCUT2D eigenvalue weighted by molar-refractivity contribution is 7.22. The molecule has 0 aliphatic carbocycles. The quantitative estimate of drug-likeness (QED) is 0.399. The van der Waals surface area contributed by atoms with Gasteiger partial charge in [0.1, 0.15) is 0 Å². The number of fused-ring (bicyclic) bond motifs is 1. The first kappa shape index (κ1) is 25.2. The van der Waals surface area contributed by atoms with Gasteiger partial charge in [0.2, 0.25) is 0 Å². The lowest BCUT2D eigenvalue weighted by Gasteiger charge is -2.24. The Bertz CT molecular complexity index is 995. The van der Waals surface area contributed by atoms with Crippen LogP contribution < -0.4 is 14.4 Å².